The van der Waals surface area contributed by atoms with Crippen LogP contribution in [0.25, 0.3) is 0 Å². The van der Waals surface area contributed by atoms with Crippen molar-refractivity contribution in [2.75, 3.05) is 13.7 Å². The molecule has 6 nitrogen and oxygen atoms in total. The van der Waals surface area contributed by atoms with Crippen molar-refractivity contribution < 1.29 is 31.5 Å². The summed E-state index contributed by atoms with van der Waals surface area (Å²) in [6, 6.07) is 11.2. The maximum Gasteiger partial charge on any atom is 0.387 e. The van der Waals surface area contributed by atoms with Gasteiger partial charge in [0.2, 0.25) is 10.0 Å². The third-order valence-electron chi connectivity index (χ3n) is 3.61. The van der Waals surface area contributed by atoms with Crippen molar-refractivity contribution >= 4 is 16.0 Å². The van der Waals surface area contributed by atoms with Gasteiger partial charge in [-0.05, 0) is 42.8 Å². The lowest BCUT2D eigenvalue weighted by molar-refractivity contribution is -0.0498. The molecule has 0 atom stereocenters. The van der Waals surface area contributed by atoms with Crippen molar-refractivity contribution in [1.29, 1.82) is 0 Å². The highest BCUT2D eigenvalue weighted by Crippen LogP contribution is 2.20. The lowest BCUT2D eigenvalue weighted by Gasteiger charge is -2.18. The Bertz CT molecular complexity index is 885. The summed E-state index contributed by atoms with van der Waals surface area (Å²) in [6.45, 7) is -1.07. The molecule has 0 saturated carbocycles. The van der Waals surface area contributed by atoms with Gasteiger partial charge in [0.25, 0.3) is 0 Å². The Morgan fingerprint density at radius 1 is 1.15 bits per heavy atom. The molecule has 0 bridgehead atoms. The Morgan fingerprint density at radius 2 is 1.81 bits per heavy atom. The average molecular weight is 399 g/mol. The SMILES string of the molecule is CCOC(=O)c1cccc(S(=O)(=O)N(C)Cc2ccc(OC(F)F)cc2)c1. The molecule has 0 aliphatic heterocycles. The molecule has 0 heterocycles. The first-order valence-corrected chi connectivity index (χ1v) is 9.45. The quantitative estimate of drug-likeness (QED) is 0.637. The van der Waals surface area contributed by atoms with Crippen molar-refractivity contribution in [2.24, 2.45) is 0 Å². The minimum atomic E-state index is -3.86. The summed E-state index contributed by atoms with van der Waals surface area (Å²) >= 11 is 0. The average Bonchev–Trinajstić information content (AvgIpc) is 2.63. The summed E-state index contributed by atoms with van der Waals surface area (Å²) in [5.74, 6) is -0.617. The zero-order valence-corrected chi connectivity index (χ0v) is 15.6. The van der Waals surface area contributed by atoms with E-state index in [-0.39, 0.29) is 29.4 Å². The van der Waals surface area contributed by atoms with Crippen molar-refractivity contribution in [3.05, 3.63) is 59.7 Å². The highest BCUT2D eigenvalue weighted by atomic mass is 32.2. The normalized spacial score (nSPS) is 11.6. The van der Waals surface area contributed by atoms with Gasteiger partial charge >= 0.3 is 12.6 Å². The lowest BCUT2D eigenvalue weighted by atomic mass is 10.2. The van der Waals surface area contributed by atoms with E-state index in [0.29, 0.717) is 5.56 Å². The number of hydrogen-bond donors (Lipinski definition) is 0. The van der Waals surface area contributed by atoms with E-state index in [1.54, 1.807) is 6.92 Å². The van der Waals surface area contributed by atoms with Gasteiger partial charge in [0.1, 0.15) is 5.75 Å². The maximum atomic E-state index is 12.7. The predicted molar refractivity (Wildman–Crippen MR) is 94.1 cm³/mol. The zero-order chi connectivity index (χ0) is 20.0. The molecule has 0 unspecified atom stereocenters. The molecule has 0 amide bonds. The van der Waals surface area contributed by atoms with Crippen LogP contribution in [0.2, 0.25) is 0 Å². The number of hydrogen-bond acceptors (Lipinski definition) is 5. The van der Waals surface area contributed by atoms with Crippen molar-refractivity contribution in [3.8, 4) is 5.75 Å². The summed E-state index contributed by atoms with van der Waals surface area (Å²) < 4.78 is 60.0. The number of rotatable bonds is 8. The molecular formula is C18H19F2NO5S. The van der Waals surface area contributed by atoms with Crippen molar-refractivity contribution in [3.63, 3.8) is 0 Å². The van der Waals surface area contributed by atoms with Gasteiger partial charge in [-0.2, -0.15) is 13.1 Å². The minimum Gasteiger partial charge on any atom is -0.462 e. The van der Waals surface area contributed by atoms with Gasteiger partial charge in [-0.3, -0.25) is 0 Å². The van der Waals surface area contributed by atoms with Gasteiger partial charge < -0.3 is 9.47 Å². The Balaban J connectivity index is 2.16. The fraction of sp³-hybridized carbons (Fsp3) is 0.278. The molecule has 0 radical (unpaired) electrons. The van der Waals surface area contributed by atoms with Gasteiger partial charge in [-0.15, -0.1) is 0 Å². The number of benzene rings is 2. The molecule has 2 rings (SSSR count). The Labute approximate surface area is 156 Å². The summed E-state index contributed by atoms with van der Waals surface area (Å²) in [6.07, 6.45) is 0. The van der Waals surface area contributed by atoms with E-state index in [9.17, 15) is 22.0 Å². The van der Waals surface area contributed by atoms with E-state index in [0.717, 1.165) is 4.31 Å². The summed E-state index contributed by atoms with van der Waals surface area (Å²) in [5, 5.41) is 0. The lowest BCUT2D eigenvalue weighted by Crippen LogP contribution is -2.26. The molecule has 9 heteroatoms. The van der Waals surface area contributed by atoms with Gasteiger partial charge in [-0.25, -0.2) is 13.2 Å². The van der Waals surface area contributed by atoms with E-state index in [2.05, 4.69) is 4.74 Å². The third-order valence-corrected chi connectivity index (χ3v) is 5.41. The number of carbonyl (C=O) groups excluding carboxylic acids is 1. The third kappa shape index (κ3) is 5.48. The second-order valence-corrected chi connectivity index (χ2v) is 7.58. The monoisotopic (exact) mass is 399 g/mol. The van der Waals surface area contributed by atoms with Crippen LogP contribution in [0.15, 0.2) is 53.4 Å². The predicted octanol–water partition coefficient (Wildman–Crippen LogP) is 3.29. The maximum absolute atomic E-state index is 12.7. The molecule has 0 fully saturated rings. The molecule has 27 heavy (non-hydrogen) atoms. The van der Waals surface area contributed by atoms with Crippen LogP contribution >= 0.6 is 0 Å². The first-order chi connectivity index (χ1) is 12.7. The molecular weight excluding hydrogens is 380 g/mol. The van der Waals surface area contributed by atoms with Crippen LogP contribution in [0.4, 0.5) is 8.78 Å². The fourth-order valence-corrected chi connectivity index (χ4v) is 3.50. The van der Waals surface area contributed by atoms with E-state index < -0.39 is 22.6 Å². The van der Waals surface area contributed by atoms with Crippen LogP contribution in [0.3, 0.4) is 0 Å². The summed E-state index contributed by atoms with van der Waals surface area (Å²) in [5.41, 5.74) is 0.726. The van der Waals surface area contributed by atoms with E-state index in [4.69, 9.17) is 4.74 Å². The van der Waals surface area contributed by atoms with Gasteiger partial charge in [0, 0.05) is 13.6 Å². The molecule has 146 valence electrons. The van der Waals surface area contributed by atoms with Crippen LogP contribution in [0.1, 0.15) is 22.8 Å². The molecule has 0 spiro atoms. The van der Waals surface area contributed by atoms with Crippen molar-refractivity contribution in [1.82, 2.24) is 4.31 Å². The zero-order valence-electron chi connectivity index (χ0n) is 14.8. The van der Waals surface area contributed by atoms with Gasteiger partial charge in [0.15, 0.2) is 0 Å². The number of halogens is 2. The number of carbonyl (C=O) groups is 1. The molecule has 0 aliphatic carbocycles. The highest BCUT2D eigenvalue weighted by molar-refractivity contribution is 7.89. The topological polar surface area (TPSA) is 72.9 Å². The second kappa shape index (κ2) is 8.92. The number of sulfonamides is 1. The van der Waals surface area contributed by atoms with E-state index in [1.807, 2.05) is 0 Å². The van der Waals surface area contributed by atoms with Crippen molar-refractivity contribution in [2.45, 2.75) is 25.0 Å². The smallest absolute Gasteiger partial charge is 0.387 e. The van der Waals surface area contributed by atoms with Crippen LogP contribution in [0.5, 0.6) is 5.75 Å². The first kappa shape index (κ1) is 20.8. The largest absolute Gasteiger partial charge is 0.462 e. The molecule has 0 saturated heterocycles. The van der Waals surface area contributed by atoms with Gasteiger partial charge in [0.05, 0.1) is 17.1 Å². The number of ether oxygens (including phenoxy) is 2. The minimum absolute atomic E-state index is 0.0126. The molecule has 0 aliphatic rings. The van der Waals surface area contributed by atoms with Crippen LogP contribution in [-0.2, 0) is 21.3 Å². The number of alkyl halides is 2. The second-order valence-electron chi connectivity index (χ2n) is 5.53. The highest BCUT2D eigenvalue weighted by Gasteiger charge is 2.22. The standard InChI is InChI=1S/C18H19F2NO5S/c1-3-25-17(22)14-5-4-6-16(11-14)27(23,24)21(2)12-13-7-9-15(10-8-13)26-18(19)20/h4-11,18H,3,12H2,1-2H3. The first-order valence-electron chi connectivity index (χ1n) is 8.01. The Morgan fingerprint density at radius 3 is 2.41 bits per heavy atom. The van der Waals surface area contributed by atoms with Crippen LogP contribution < -0.4 is 4.74 Å². The Hall–Kier alpha value is -2.52. The Kier molecular flexibility index (Phi) is 6.86. The molecule has 2 aromatic carbocycles. The van der Waals surface area contributed by atoms with Crippen LogP contribution in [0, 0.1) is 0 Å². The van der Waals surface area contributed by atoms with E-state index >= 15 is 0 Å². The molecule has 0 aromatic heterocycles. The molecule has 0 N–H and O–H groups in total. The van der Waals surface area contributed by atoms with E-state index in [1.165, 1.54) is 55.6 Å². The van der Waals surface area contributed by atoms with Crippen LogP contribution in [-0.4, -0.2) is 39.0 Å². The summed E-state index contributed by atoms with van der Waals surface area (Å²) in [7, 11) is -2.48. The summed E-state index contributed by atoms with van der Waals surface area (Å²) in [4.78, 5) is 11.7. The number of nitrogens with zero attached hydrogens (tertiary/aromatic N) is 1. The van der Waals surface area contributed by atoms with Gasteiger partial charge in [-0.1, -0.05) is 18.2 Å². The molecule has 2 aromatic rings. The fourth-order valence-electron chi connectivity index (χ4n) is 2.30. The number of esters is 1.